The second-order valence-electron chi connectivity index (χ2n) is 5.84. The summed E-state index contributed by atoms with van der Waals surface area (Å²) in [5.74, 6) is -0.725. The highest BCUT2D eigenvalue weighted by Crippen LogP contribution is 2.23. The van der Waals surface area contributed by atoms with Gasteiger partial charge in [0.25, 0.3) is 11.6 Å². The molecule has 29 heavy (non-hydrogen) atoms. The first-order chi connectivity index (χ1) is 13.9. The topological polar surface area (TPSA) is 108 Å². The summed E-state index contributed by atoms with van der Waals surface area (Å²) in [6.45, 7) is 5.34. The Morgan fingerprint density at radius 3 is 2.55 bits per heavy atom. The van der Waals surface area contributed by atoms with Gasteiger partial charge in [-0.25, -0.2) is 4.79 Å². The van der Waals surface area contributed by atoms with Crippen molar-refractivity contribution in [3.05, 3.63) is 82.9 Å². The molecule has 0 aliphatic carbocycles. The number of esters is 1. The van der Waals surface area contributed by atoms with Crippen molar-refractivity contribution >= 4 is 29.3 Å². The minimum absolute atomic E-state index is 0.0275. The molecular formula is C21H20N2O6. The number of benzene rings is 2. The molecule has 8 heteroatoms. The Kier molecular flexibility index (Phi) is 7.67. The molecule has 0 radical (unpaired) electrons. The van der Waals surface area contributed by atoms with Gasteiger partial charge in [0.05, 0.1) is 4.92 Å². The Hall–Kier alpha value is -3.94. The molecule has 1 amide bonds. The van der Waals surface area contributed by atoms with Crippen LogP contribution in [0.15, 0.2) is 67.3 Å². The van der Waals surface area contributed by atoms with Gasteiger partial charge in [0.1, 0.15) is 18.0 Å². The average Bonchev–Trinajstić information content (AvgIpc) is 2.71. The van der Waals surface area contributed by atoms with Gasteiger partial charge in [-0.1, -0.05) is 36.9 Å². The van der Waals surface area contributed by atoms with Crippen LogP contribution < -0.4 is 10.1 Å². The number of carbonyl (C=O) groups excluding carboxylic acids is 2. The summed E-state index contributed by atoms with van der Waals surface area (Å²) in [7, 11) is 0. The molecule has 150 valence electrons. The van der Waals surface area contributed by atoms with Crippen LogP contribution in [0.25, 0.3) is 6.08 Å². The van der Waals surface area contributed by atoms with Crippen molar-refractivity contribution in [3.8, 4) is 5.75 Å². The first kappa shape index (κ1) is 21.4. The maximum absolute atomic E-state index is 12.2. The zero-order chi connectivity index (χ0) is 21.2. The lowest BCUT2D eigenvalue weighted by Crippen LogP contribution is -2.29. The summed E-state index contributed by atoms with van der Waals surface area (Å²) in [5, 5.41) is 13.4. The summed E-state index contributed by atoms with van der Waals surface area (Å²) in [6, 6.07) is 12.7. The van der Waals surface area contributed by atoms with E-state index in [9.17, 15) is 19.7 Å². The van der Waals surface area contributed by atoms with E-state index < -0.39 is 22.9 Å². The van der Waals surface area contributed by atoms with Gasteiger partial charge in [0, 0.05) is 12.1 Å². The van der Waals surface area contributed by atoms with Crippen LogP contribution in [0, 0.1) is 10.1 Å². The zero-order valence-corrected chi connectivity index (χ0v) is 15.7. The fourth-order valence-corrected chi connectivity index (χ4v) is 2.23. The third kappa shape index (κ3) is 6.62. The van der Waals surface area contributed by atoms with Gasteiger partial charge in [0.15, 0.2) is 6.10 Å². The normalized spacial score (nSPS) is 11.5. The third-order valence-corrected chi connectivity index (χ3v) is 3.68. The average molecular weight is 396 g/mol. The zero-order valence-electron chi connectivity index (χ0n) is 15.7. The fraction of sp³-hybridized carbons (Fsp3) is 0.143. The van der Waals surface area contributed by atoms with Crippen molar-refractivity contribution in [3.63, 3.8) is 0 Å². The molecule has 0 aliphatic rings. The predicted octanol–water partition coefficient (Wildman–Crippen LogP) is 3.74. The van der Waals surface area contributed by atoms with Gasteiger partial charge < -0.3 is 14.8 Å². The monoisotopic (exact) mass is 396 g/mol. The molecule has 1 atom stereocenters. The first-order valence-corrected chi connectivity index (χ1v) is 8.67. The highest BCUT2D eigenvalue weighted by atomic mass is 16.6. The van der Waals surface area contributed by atoms with Gasteiger partial charge in [-0.15, -0.1) is 0 Å². The Morgan fingerprint density at radius 2 is 1.90 bits per heavy atom. The molecule has 0 unspecified atom stereocenters. The number of nitro groups is 1. The molecule has 0 aliphatic heterocycles. The summed E-state index contributed by atoms with van der Waals surface area (Å²) >= 11 is 0. The number of nitro benzene ring substituents is 1. The molecule has 1 N–H and O–H groups in total. The van der Waals surface area contributed by atoms with Crippen molar-refractivity contribution in [2.45, 2.75) is 13.0 Å². The van der Waals surface area contributed by atoms with Crippen molar-refractivity contribution in [1.82, 2.24) is 0 Å². The number of anilines is 1. The third-order valence-electron chi connectivity index (χ3n) is 3.68. The van der Waals surface area contributed by atoms with E-state index in [0.29, 0.717) is 12.4 Å². The van der Waals surface area contributed by atoms with E-state index >= 15 is 0 Å². The number of hydrogen-bond acceptors (Lipinski definition) is 6. The predicted molar refractivity (Wildman–Crippen MR) is 108 cm³/mol. The van der Waals surface area contributed by atoms with Crippen molar-refractivity contribution in [1.29, 1.82) is 0 Å². The number of para-hydroxylation sites is 2. The summed E-state index contributed by atoms with van der Waals surface area (Å²) in [4.78, 5) is 34.5. The lowest BCUT2D eigenvalue weighted by atomic mass is 10.2. The van der Waals surface area contributed by atoms with E-state index in [0.717, 1.165) is 5.56 Å². The van der Waals surface area contributed by atoms with Crippen molar-refractivity contribution < 1.29 is 24.0 Å². The summed E-state index contributed by atoms with van der Waals surface area (Å²) < 4.78 is 10.4. The van der Waals surface area contributed by atoms with Gasteiger partial charge in [-0.3, -0.25) is 14.9 Å². The van der Waals surface area contributed by atoms with E-state index in [1.807, 2.05) is 0 Å². The van der Waals surface area contributed by atoms with Gasteiger partial charge >= 0.3 is 5.97 Å². The molecule has 0 fully saturated rings. The minimum atomic E-state index is -1.14. The first-order valence-electron chi connectivity index (χ1n) is 8.67. The number of hydrogen-bond donors (Lipinski definition) is 1. The molecular weight excluding hydrogens is 376 g/mol. The van der Waals surface area contributed by atoms with E-state index in [1.54, 1.807) is 36.4 Å². The van der Waals surface area contributed by atoms with Crippen LogP contribution >= 0.6 is 0 Å². The SMILES string of the molecule is C=CCOc1ccc(/C=C/C(=O)O[C@H](C)C(=O)Nc2ccccc2[N+](=O)[O-])cc1. The van der Waals surface area contributed by atoms with E-state index in [4.69, 9.17) is 9.47 Å². The number of rotatable bonds is 9. The van der Waals surface area contributed by atoms with Gasteiger partial charge in [-0.05, 0) is 36.8 Å². The molecule has 0 bridgehead atoms. The molecule has 0 saturated carbocycles. The molecule has 0 aromatic heterocycles. The van der Waals surface area contributed by atoms with E-state index in [1.165, 1.54) is 37.3 Å². The second-order valence-corrected chi connectivity index (χ2v) is 5.84. The smallest absolute Gasteiger partial charge is 0.331 e. The summed E-state index contributed by atoms with van der Waals surface area (Å²) in [6.07, 6.45) is 3.22. The van der Waals surface area contributed by atoms with Crippen molar-refractivity contribution in [2.24, 2.45) is 0 Å². The van der Waals surface area contributed by atoms with Crippen LogP contribution in [-0.2, 0) is 14.3 Å². The number of carbonyl (C=O) groups is 2. The van der Waals surface area contributed by atoms with Gasteiger partial charge in [0.2, 0.25) is 0 Å². The Bertz CT molecular complexity index is 921. The van der Waals surface area contributed by atoms with Crippen LogP contribution in [0.5, 0.6) is 5.75 Å². The Morgan fingerprint density at radius 1 is 1.21 bits per heavy atom. The van der Waals surface area contributed by atoms with Crippen LogP contribution in [0.2, 0.25) is 0 Å². The van der Waals surface area contributed by atoms with Crippen LogP contribution in [0.4, 0.5) is 11.4 Å². The molecule has 0 heterocycles. The molecule has 0 saturated heterocycles. The second kappa shape index (κ2) is 10.4. The number of amides is 1. The Balaban J connectivity index is 1.91. The molecule has 0 spiro atoms. The number of ether oxygens (including phenoxy) is 2. The van der Waals surface area contributed by atoms with Crippen LogP contribution in [-0.4, -0.2) is 29.5 Å². The van der Waals surface area contributed by atoms with E-state index in [-0.39, 0.29) is 11.4 Å². The molecule has 8 nitrogen and oxygen atoms in total. The van der Waals surface area contributed by atoms with Crippen LogP contribution in [0.3, 0.4) is 0 Å². The van der Waals surface area contributed by atoms with Crippen LogP contribution in [0.1, 0.15) is 12.5 Å². The molecule has 2 aromatic carbocycles. The highest BCUT2D eigenvalue weighted by molar-refractivity contribution is 5.98. The number of nitrogens with zero attached hydrogens (tertiary/aromatic N) is 1. The Labute approximate surface area is 167 Å². The number of nitrogens with one attached hydrogen (secondary N) is 1. The maximum Gasteiger partial charge on any atom is 0.331 e. The lowest BCUT2D eigenvalue weighted by molar-refractivity contribution is -0.383. The molecule has 2 rings (SSSR count). The van der Waals surface area contributed by atoms with Crippen molar-refractivity contribution in [2.75, 3.05) is 11.9 Å². The lowest BCUT2D eigenvalue weighted by Gasteiger charge is -2.12. The quantitative estimate of drug-likeness (QED) is 0.227. The summed E-state index contributed by atoms with van der Waals surface area (Å²) in [5.41, 5.74) is 0.518. The van der Waals surface area contributed by atoms with Gasteiger partial charge in [-0.2, -0.15) is 0 Å². The highest BCUT2D eigenvalue weighted by Gasteiger charge is 2.20. The fourth-order valence-electron chi connectivity index (χ4n) is 2.23. The minimum Gasteiger partial charge on any atom is -0.490 e. The standard InChI is InChI=1S/C21H20N2O6/c1-3-14-28-17-11-8-16(9-12-17)10-13-20(24)29-15(2)21(25)22-18-6-4-5-7-19(18)23(26)27/h3-13,15H,1,14H2,2H3,(H,22,25)/b13-10+/t15-/m1/s1. The maximum atomic E-state index is 12.2. The largest absolute Gasteiger partial charge is 0.490 e. The molecule has 2 aromatic rings. The van der Waals surface area contributed by atoms with E-state index in [2.05, 4.69) is 11.9 Å².